The van der Waals surface area contributed by atoms with Crippen LogP contribution in [0.5, 0.6) is 0 Å². The summed E-state index contributed by atoms with van der Waals surface area (Å²) in [5.74, 6) is 0.307. The quantitative estimate of drug-likeness (QED) is 0.610. The average molecular weight is 356 g/mol. The third kappa shape index (κ3) is 2.25. The lowest BCUT2D eigenvalue weighted by Gasteiger charge is -2.29. The lowest BCUT2D eigenvalue weighted by Crippen LogP contribution is -2.42. The lowest BCUT2D eigenvalue weighted by atomic mass is 10.0. The molecule has 2 aliphatic heterocycles. The number of hydrogen-bond acceptors (Lipinski definition) is 9. The molecule has 0 saturated carbocycles. The fourth-order valence-corrected chi connectivity index (χ4v) is 3.84. The molecule has 0 aromatic carbocycles. The molecular formula is C12H15N5O4PS+. The van der Waals surface area contributed by atoms with E-state index in [1.54, 1.807) is 10.9 Å². The van der Waals surface area contributed by atoms with Gasteiger partial charge in [0.25, 0.3) is 0 Å². The van der Waals surface area contributed by atoms with Gasteiger partial charge in [0.1, 0.15) is 30.2 Å². The minimum absolute atomic E-state index is 0.156. The summed E-state index contributed by atoms with van der Waals surface area (Å²) in [5, 5.41) is -0.209. The molecule has 4 heterocycles. The molecular weight excluding hydrogens is 341 g/mol. The Balaban J connectivity index is 1.68. The molecule has 11 heteroatoms. The Morgan fingerprint density at radius 1 is 1.57 bits per heavy atom. The van der Waals surface area contributed by atoms with E-state index in [2.05, 4.69) is 27.6 Å². The Hall–Kier alpha value is -1.32. The molecule has 5 atom stereocenters. The van der Waals surface area contributed by atoms with Crippen molar-refractivity contribution in [2.45, 2.75) is 23.2 Å². The summed E-state index contributed by atoms with van der Waals surface area (Å²) in [5.41, 5.74) is 6.15. The number of nitrogen functional groups attached to an aromatic ring is 1. The molecule has 2 aromatic heterocycles. The van der Waals surface area contributed by atoms with Crippen molar-refractivity contribution >= 4 is 37.6 Å². The molecule has 2 aliphatic rings. The van der Waals surface area contributed by atoms with Crippen LogP contribution < -0.4 is 5.73 Å². The molecule has 2 bridgehead atoms. The van der Waals surface area contributed by atoms with Gasteiger partial charge in [-0.1, -0.05) is 0 Å². The van der Waals surface area contributed by atoms with Gasteiger partial charge in [0.15, 0.2) is 24.4 Å². The molecule has 2 N–H and O–H groups in total. The summed E-state index contributed by atoms with van der Waals surface area (Å²) >= 11 is 4.62. The maximum atomic E-state index is 11.3. The molecule has 2 fully saturated rings. The van der Waals surface area contributed by atoms with E-state index in [-0.39, 0.29) is 18.0 Å². The van der Waals surface area contributed by atoms with E-state index in [1.165, 1.54) is 13.0 Å². The lowest BCUT2D eigenvalue weighted by molar-refractivity contribution is -0.179. The van der Waals surface area contributed by atoms with Crippen LogP contribution in [0.3, 0.4) is 0 Å². The second-order valence-corrected chi connectivity index (χ2v) is 7.28. The Morgan fingerprint density at radius 2 is 2.39 bits per heavy atom. The molecule has 0 aliphatic carbocycles. The van der Waals surface area contributed by atoms with Gasteiger partial charge in [-0.15, -0.1) is 4.52 Å². The second kappa shape index (κ2) is 5.35. The smallest absolute Gasteiger partial charge is 0.382 e. The fourth-order valence-electron chi connectivity index (χ4n) is 3.00. The minimum Gasteiger partial charge on any atom is -0.382 e. The van der Waals surface area contributed by atoms with E-state index >= 15 is 0 Å². The van der Waals surface area contributed by atoms with Crippen LogP contribution in [0, 0.1) is 0 Å². The molecule has 0 spiro atoms. The van der Waals surface area contributed by atoms with Gasteiger partial charge in [0.05, 0.1) is 18.2 Å². The van der Waals surface area contributed by atoms with E-state index in [0.29, 0.717) is 23.6 Å². The first-order valence-corrected chi connectivity index (χ1v) is 9.10. The number of nitrogens with zero attached hydrogens (tertiary/aromatic N) is 4. The first-order chi connectivity index (χ1) is 11.0. The molecule has 122 valence electrons. The van der Waals surface area contributed by atoms with Crippen molar-refractivity contribution in [1.82, 2.24) is 19.5 Å². The molecule has 0 radical (unpaired) electrons. The van der Waals surface area contributed by atoms with E-state index in [9.17, 15) is 4.57 Å². The van der Waals surface area contributed by atoms with Crippen LogP contribution in [0.15, 0.2) is 12.7 Å². The third-order valence-corrected chi connectivity index (χ3v) is 5.42. The number of anilines is 1. The molecule has 1 unspecified atom stereocenters. The fraction of sp³-hybridized carbons (Fsp3) is 0.583. The Labute approximate surface area is 137 Å². The van der Waals surface area contributed by atoms with Crippen molar-refractivity contribution in [3.05, 3.63) is 12.7 Å². The number of rotatable bonds is 4. The first-order valence-electron chi connectivity index (χ1n) is 6.96. The highest BCUT2D eigenvalue weighted by atomic mass is 32.1. The van der Waals surface area contributed by atoms with Crippen LogP contribution in [-0.4, -0.2) is 56.4 Å². The van der Waals surface area contributed by atoms with Crippen molar-refractivity contribution in [3.8, 4) is 0 Å². The summed E-state index contributed by atoms with van der Waals surface area (Å²) in [7, 11) is -1.72. The highest BCUT2D eigenvalue weighted by Gasteiger charge is 2.62. The van der Waals surface area contributed by atoms with Crippen molar-refractivity contribution in [2.24, 2.45) is 0 Å². The maximum absolute atomic E-state index is 11.3. The van der Waals surface area contributed by atoms with Crippen molar-refractivity contribution in [2.75, 3.05) is 25.6 Å². The largest absolute Gasteiger partial charge is 0.504 e. The van der Waals surface area contributed by atoms with Crippen molar-refractivity contribution in [1.29, 1.82) is 0 Å². The zero-order chi connectivity index (χ0) is 16.2. The zero-order valence-electron chi connectivity index (χ0n) is 12.2. The molecule has 2 aromatic rings. The standard InChI is InChI=1S/C12H14N5O4PS/c1-22(18)20-3-12-2-19-7(8(12)23)11(21-12)17-5-16-6-9(13)14-4-15-10(6)17/h4-5,7-8,11H,2-3H2,1H3,(H2-,13,14,15,23)/p+1/t7-,8+,11-,12-/m1/s1. The number of thiol groups is 1. The summed E-state index contributed by atoms with van der Waals surface area (Å²) in [6.45, 7) is 2.00. The van der Waals surface area contributed by atoms with Gasteiger partial charge in [0, 0.05) is 0 Å². The summed E-state index contributed by atoms with van der Waals surface area (Å²) in [6.07, 6.45) is 2.23. The summed E-state index contributed by atoms with van der Waals surface area (Å²) in [6, 6.07) is 0. The van der Waals surface area contributed by atoms with Gasteiger partial charge in [-0.05, 0) is 4.57 Å². The molecule has 9 nitrogen and oxygen atoms in total. The van der Waals surface area contributed by atoms with Crippen LogP contribution >= 0.6 is 20.7 Å². The van der Waals surface area contributed by atoms with Crippen LogP contribution in [-0.2, 0) is 18.6 Å². The molecule has 2 saturated heterocycles. The predicted octanol–water partition coefficient (Wildman–Crippen LogP) is 0.762. The van der Waals surface area contributed by atoms with E-state index < -0.39 is 19.9 Å². The first kappa shape index (κ1) is 15.2. The van der Waals surface area contributed by atoms with Crippen LogP contribution in [0.1, 0.15) is 6.23 Å². The number of imidazole rings is 1. The van der Waals surface area contributed by atoms with Gasteiger partial charge < -0.3 is 15.2 Å². The third-order valence-electron chi connectivity index (χ3n) is 4.16. The van der Waals surface area contributed by atoms with Crippen LogP contribution in [0.2, 0.25) is 0 Å². The minimum atomic E-state index is -1.72. The van der Waals surface area contributed by atoms with Crippen molar-refractivity contribution in [3.63, 3.8) is 0 Å². The predicted molar refractivity (Wildman–Crippen MR) is 84.6 cm³/mol. The van der Waals surface area contributed by atoms with E-state index in [1.807, 2.05) is 0 Å². The average Bonchev–Trinajstić information content (AvgIpc) is 3.16. The molecule has 23 heavy (non-hydrogen) atoms. The van der Waals surface area contributed by atoms with Crippen molar-refractivity contribution < 1.29 is 18.6 Å². The molecule has 4 rings (SSSR count). The maximum Gasteiger partial charge on any atom is 0.504 e. The van der Waals surface area contributed by atoms with Gasteiger partial charge in [-0.2, -0.15) is 12.6 Å². The van der Waals surface area contributed by atoms with Gasteiger partial charge in [-0.25, -0.2) is 15.0 Å². The number of nitrogens with two attached hydrogens (primary N) is 1. The number of fused-ring (bicyclic) bond motifs is 3. The number of hydrogen-bond donors (Lipinski definition) is 2. The Kier molecular flexibility index (Phi) is 3.54. The normalized spacial score (nSPS) is 33.5. The van der Waals surface area contributed by atoms with Gasteiger partial charge >= 0.3 is 8.03 Å². The monoisotopic (exact) mass is 356 g/mol. The summed E-state index contributed by atoms with van der Waals surface area (Å²) < 4.78 is 30.3. The van der Waals surface area contributed by atoms with E-state index in [4.69, 9.17) is 19.7 Å². The van der Waals surface area contributed by atoms with E-state index in [0.717, 1.165) is 0 Å². The zero-order valence-corrected chi connectivity index (χ0v) is 14.0. The highest BCUT2D eigenvalue weighted by Crippen LogP contribution is 2.49. The SMILES string of the molecule is C[P+](=O)OC[C@@]12CO[C@@H]([C@H](n3cnc4c(N)ncnc43)O1)[C@@H]2S. The Morgan fingerprint density at radius 3 is 3.17 bits per heavy atom. The van der Waals surface area contributed by atoms with Gasteiger partial charge in [-0.3, -0.25) is 4.57 Å². The highest BCUT2D eigenvalue weighted by molar-refractivity contribution is 7.81. The number of ether oxygens (including phenoxy) is 2. The second-order valence-electron chi connectivity index (χ2n) is 5.59. The number of aromatic nitrogens is 4. The van der Waals surface area contributed by atoms with Crippen LogP contribution in [0.25, 0.3) is 11.2 Å². The van der Waals surface area contributed by atoms with Gasteiger partial charge in [0.2, 0.25) is 0 Å². The topological polar surface area (TPSA) is 114 Å². The van der Waals surface area contributed by atoms with Crippen LogP contribution in [0.4, 0.5) is 5.82 Å². The molecule has 0 amide bonds. The Bertz CT molecular complexity index is 788. The summed E-state index contributed by atoms with van der Waals surface area (Å²) in [4.78, 5) is 12.4.